The molecule has 1 aromatic carbocycles. The van der Waals surface area contributed by atoms with E-state index >= 15 is 0 Å². The van der Waals surface area contributed by atoms with Crippen molar-refractivity contribution in [3.63, 3.8) is 0 Å². The lowest BCUT2D eigenvalue weighted by atomic mass is 10.1. The third-order valence-corrected chi connectivity index (χ3v) is 3.81. The highest BCUT2D eigenvalue weighted by atomic mass is 35.5. The molecule has 1 aromatic rings. The van der Waals surface area contributed by atoms with Gasteiger partial charge in [0, 0.05) is 13.0 Å². The van der Waals surface area contributed by atoms with Crippen LogP contribution in [0.1, 0.15) is 6.42 Å². The molecule has 1 atom stereocenters. The fourth-order valence-corrected chi connectivity index (χ4v) is 2.50. The standard InChI is InChI=1S/C11H11ClN2O4S/c12-7-2-9(10(15)3-8(7)14(17)18)13-4-6(5-19)1-11(13)16/h2-3,6,15,19H,1,4-5H2. The van der Waals surface area contributed by atoms with Crippen LogP contribution in [0.4, 0.5) is 11.4 Å². The SMILES string of the molecule is O=C1CC(CS)CN1c1cc(Cl)c([N+](=O)[O-])cc1O. The van der Waals surface area contributed by atoms with Crippen LogP contribution in [0.15, 0.2) is 12.1 Å². The maximum absolute atomic E-state index is 11.8. The predicted octanol–water partition coefficient (Wildman–Crippen LogP) is 2.24. The van der Waals surface area contributed by atoms with Gasteiger partial charge in [-0.15, -0.1) is 0 Å². The lowest BCUT2D eigenvalue weighted by Crippen LogP contribution is -2.24. The van der Waals surface area contributed by atoms with Gasteiger partial charge in [-0.05, 0) is 17.7 Å². The average molecular weight is 303 g/mol. The van der Waals surface area contributed by atoms with Crippen molar-refractivity contribution in [2.45, 2.75) is 6.42 Å². The number of hydrogen-bond donors (Lipinski definition) is 2. The number of anilines is 1. The Morgan fingerprint density at radius 2 is 2.26 bits per heavy atom. The monoisotopic (exact) mass is 302 g/mol. The molecule has 1 unspecified atom stereocenters. The highest BCUT2D eigenvalue weighted by Crippen LogP contribution is 2.39. The van der Waals surface area contributed by atoms with Gasteiger partial charge >= 0.3 is 0 Å². The molecule has 1 aliphatic heterocycles. The molecule has 1 aliphatic rings. The Kier molecular flexibility index (Phi) is 3.86. The van der Waals surface area contributed by atoms with Crippen LogP contribution in [0.3, 0.4) is 0 Å². The minimum Gasteiger partial charge on any atom is -0.505 e. The minimum atomic E-state index is -0.686. The van der Waals surface area contributed by atoms with Gasteiger partial charge in [-0.25, -0.2) is 0 Å². The summed E-state index contributed by atoms with van der Waals surface area (Å²) in [5.41, 5.74) is -0.190. The number of phenolic OH excluding ortho intramolecular Hbond substituents is 1. The average Bonchev–Trinajstić information content (AvgIpc) is 2.72. The third kappa shape index (κ3) is 2.62. The van der Waals surface area contributed by atoms with E-state index in [1.54, 1.807) is 0 Å². The molecule has 102 valence electrons. The summed E-state index contributed by atoms with van der Waals surface area (Å²) in [6.45, 7) is 0.421. The number of amides is 1. The number of aromatic hydroxyl groups is 1. The topological polar surface area (TPSA) is 83.7 Å². The van der Waals surface area contributed by atoms with Crippen molar-refractivity contribution < 1.29 is 14.8 Å². The Hall–Kier alpha value is -1.47. The van der Waals surface area contributed by atoms with Gasteiger partial charge in [-0.3, -0.25) is 14.9 Å². The fraction of sp³-hybridized carbons (Fsp3) is 0.364. The number of rotatable bonds is 3. The number of nitrogens with zero attached hydrogens (tertiary/aromatic N) is 2. The Labute approximate surface area is 119 Å². The summed E-state index contributed by atoms with van der Waals surface area (Å²) in [7, 11) is 0. The van der Waals surface area contributed by atoms with Gasteiger partial charge in [0.1, 0.15) is 10.8 Å². The number of phenols is 1. The van der Waals surface area contributed by atoms with Crippen LogP contribution in [0, 0.1) is 16.0 Å². The summed E-state index contributed by atoms with van der Waals surface area (Å²) in [6.07, 6.45) is 0.345. The van der Waals surface area contributed by atoms with Crippen molar-refractivity contribution in [1.82, 2.24) is 0 Å². The minimum absolute atomic E-state index is 0.101. The second-order valence-electron chi connectivity index (χ2n) is 4.31. The first-order valence-electron chi connectivity index (χ1n) is 5.52. The summed E-state index contributed by atoms with van der Waals surface area (Å²) in [5.74, 6) is 0.178. The molecule has 0 saturated carbocycles. The largest absolute Gasteiger partial charge is 0.505 e. The van der Waals surface area contributed by atoms with E-state index in [0.717, 1.165) is 6.07 Å². The Morgan fingerprint density at radius 1 is 1.58 bits per heavy atom. The molecule has 1 amide bonds. The molecule has 0 spiro atoms. The Bertz CT molecular complexity index is 552. The number of benzene rings is 1. The molecular weight excluding hydrogens is 292 g/mol. The van der Waals surface area contributed by atoms with Crippen LogP contribution >= 0.6 is 24.2 Å². The summed E-state index contributed by atoms with van der Waals surface area (Å²) in [5, 5.41) is 20.4. The Morgan fingerprint density at radius 3 is 2.79 bits per heavy atom. The van der Waals surface area contributed by atoms with Crippen molar-refractivity contribution in [3.05, 3.63) is 27.3 Å². The lowest BCUT2D eigenvalue weighted by molar-refractivity contribution is -0.384. The van der Waals surface area contributed by atoms with Gasteiger partial charge < -0.3 is 10.0 Å². The highest BCUT2D eigenvalue weighted by molar-refractivity contribution is 7.80. The maximum Gasteiger partial charge on any atom is 0.291 e. The van der Waals surface area contributed by atoms with Gasteiger partial charge in [0.05, 0.1) is 16.7 Å². The fourth-order valence-electron chi connectivity index (χ4n) is 2.03. The van der Waals surface area contributed by atoms with Crippen molar-refractivity contribution >= 4 is 41.5 Å². The van der Waals surface area contributed by atoms with Gasteiger partial charge in [0.2, 0.25) is 5.91 Å². The number of halogens is 1. The van der Waals surface area contributed by atoms with Crippen LogP contribution in [-0.4, -0.2) is 28.2 Å². The zero-order valence-electron chi connectivity index (χ0n) is 9.74. The van der Waals surface area contributed by atoms with E-state index in [0.29, 0.717) is 18.7 Å². The molecule has 0 aromatic heterocycles. The molecule has 8 heteroatoms. The first-order valence-corrected chi connectivity index (χ1v) is 6.53. The van der Waals surface area contributed by atoms with Crippen LogP contribution in [0.25, 0.3) is 0 Å². The molecule has 2 rings (SSSR count). The first-order chi connectivity index (χ1) is 8.93. The van der Waals surface area contributed by atoms with Gasteiger partial charge in [0.25, 0.3) is 5.69 Å². The van der Waals surface area contributed by atoms with Crippen molar-refractivity contribution in [1.29, 1.82) is 0 Å². The quantitative estimate of drug-likeness (QED) is 0.509. The zero-order valence-corrected chi connectivity index (χ0v) is 11.4. The van der Waals surface area contributed by atoms with E-state index in [2.05, 4.69) is 12.6 Å². The predicted molar refractivity (Wildman–Crippen MR) is 74.1 cm³/mol. The van der Waals surface area contributed by atoms with E-state index in [1.807, 2.05) is 0 Å². The van der Waals surface area contributed by atoms with Crippen LogP contribution in [-0.2, 0) is 4.79 Å². The lowest BCUT2D eigenvalue weighted by Gasteiger charge is -2.18. The van der Waals surface area contributed by atoms with Crippen molar-refractivity contribution in [2.75, 3.05) is 17.2 Å². The molecule has 1 saturated heterocycles. The highest BCUT2D eigenvalue weighted by Gasteiger charge is 2.32. The maximum atomic E-state index is 11.8. The van der Waals surface area contributed by atoms with E-state index in [9.17, 15) is 20.0 Å². The molecule has 1 fully saturated rings. The number of carbonyl (C=O) groups excluding carboxylic acids is 1. The molecule has 19 heavy (non-hydrogen) atoms. The van der Waals surface area contributed by atoms with Crippen LogP contribution < -0.4 is 4.90 Å². The number of carbonyl (C=O) groups is 1. The second kappa shape index (κ2) is 5.26. The summed E-state index contributed by atoms with van der Waals surface area (Å²) < 4.78 is 0. The third-order valence-electron chi connectivity index (χ3n) is 2.99. The number of thiol groups is 1. The van der Waals surface area contributed by atoms with E-state index in [4.69, 9.17) is 11.6 Å². The van der Waals surface area contributed by atoms with Gasteiger partial charge in [-0.2, -0.15) is 12.6 Å². The molecular formula is C11H11ClN2O4S. The zero-order chi connectivity index (χ0) is 14.2. The number of nitro groups is 1. The molecule has 0 bridgehead atoms. The summed E-state index contributed by atoms with van der Waals surface area (Å²) in [6, 6.07) is 2.20. The van der Waals surface area contributed by atoms with Crippen molar-refractivity contribution in [3.8, 4) is 5.75 Å². The molecule has 6 nitrogen and oxygen atoms in total. The Balaban J connectivity index is 2.39. The number of hydrogen-bond acceptors (Lipinski definition) is 5. The summed E-state index contributed by atoms with van der Waals surface area (Å²) >= 11 is 9.93. The van der Waals surface area contributed by atoms with E-state index in [-0.39, 0.29) is 34.0 Å². The molecule has 1 N–H and O–H groups in total. The van der Waals surface area contributed by atoms with Crippen molar-refractivity contribution in [2.24, 2.45) is 5.92 Å². The number of nitro benzene ring substituents is 1. The molecule has 1 heterocycles. The first kappa shape index (κ1) is 14.0. The van der Waals surface area contributed by atoms with Crippen LogP contribution in [0.2, 0.25) is 5.02 Å². The summed E-state index contributed by atoms with van der Waals surface area (Å²) in [4.78, 5) is 23.2. The van der Waals surface area contributed by atoms with Gasteiger partial charge in [0.15, 0.2) is 0 Å². The smallest absolute Gasteiger partial charge is 0.291 e. The normalized spacial score (nSPS) is 18.9. The van der Waals surface area contributed by atoms with E-state index < -0.39 is 4.92 Å². The molecule has 0 radical (unpaired) electrons. The van der Waals surface area contributed by atoms with E-state index in [1.165, 1.54) is 11.0 Å². The van der Waals surface area contributed by atoms with Crippen LogP contribution in [0.5, 0.6) is 5.75 Å². The van der Waals surface area contributed by atoms with Gasteiger partial charge in [-0.1, -0.05) is 11.6 Å². The molecule has 0 aliphatic carbocycles. The second-order valence-corrected chi connectivity index (χ2v) is 5.08.